The summed E-state index contributed by atoms with van der Waals surface area (Å²) < 4.78 is 10.1. The molecule has 0 aliphatic rings. The van der Waals surface area contributed by atoms with Crippen LogP contribution in [0.4, 0.5) is 0 Å². The van der Waals surface area contributed by atoms with Crippen LogP contribution >= 0.6 is 0 Å². The summed E-state index contributed by atoms with van der Waals surface area (Å²) in [5, 5.41) is 8.69. The number of aryl methyl sites for hydroxylation is 2. The number of amides is 1. The van der Waals surface area contributed by atoms with Crippen LogP contribution in [-0.4, -0.2) is 49.2 Å². The number of hydrogen-bond acceptors (Lipinski definition) is 4. The third-order valence-electron chi connectivity index (χ3n) is 4.38. The van der Waals surface area contributed by atoms with Gasteiger partial charge in [0.2, 0.25) is 0 Å². The zero-order chi connectivity index (χ0) is 21.3. The highest BCUT2D eigenvalue weighted by Crippen LogP contribution is 2.18. The summed E-state index contributed by atoms with van der Waals surface area (Å²) in [5.41, 5.74) is 2.73. The first kappa shape index (κ1) is 23.0. The molecule has 0 saturated heterocycles. The number of carbonyl (C=O) groups is 2. The third kappa shape index (κ3) is 6.01. The Labute approximate surface area is 166 Å². The molecule has 2 rings (SSSR count). The van der Waals surface area contributed by atoms with Gasteiger partial charge in [-0.1, -0.05) is 0 Å². The van der Waals surface area contributed by atoms with Crippen molar-refractivity contribution in [2.75, 3.05) is 27.3 Å². The zero-order valence-electron chi connectivity index (χ0n) is 17.4. The molecule has 2 aromatic carbocycles. The molecule has 6 heteroatoms. The SMILES string of the molecule is CCN(CC)C(=O)c1ccc(OC)cc1C.COc1ccc(C(=O)O)c(C)c1. The van der Waals surface area contributed by atoms with Crippen molar-refractivity contribution in [2.45, 2.75) is 27.7 Å². The molecule has 0 saturated carbocycles. The highest BCUT2D eigenvalue weighted by Gasteiger charge is 2.14. The smallest absolute Gasteiger partial charge is 0.335 e. The molecular formula is C22H29NO5. The lowest BCUT2D eigenvalue weighted by molar-refractivity contribution is 0.0695. The summed E-state index contributed by atoms with van der Waals surface area (Å²) in [4.78, 5) is 24.5. The number of carboxylic acid groups (broad SMARTS) is 1. The second-order valence-electron chi connectivity index (χ2n) is 6.14. The number of ether oxygens (including phenoxy) is 2. The Hall–Kier alpha value is -3.02. The second kappa shape index (κ2) is 11.0. The van der Waals surface area contributed by atoms with Crippen LogP contribution in [0.5, 0.6) is 11.5 Å². The first-order valence-corrected chi connectivity index (χ1v) is 9.10. The fourth-order valence-corrected chi connectivity index (χ4v) is 2.69. The molecule has 0 aromatic heterocycles. The van der Waals surface area contributed by atoms with E-state index in [1.807, 2.05) is 43.9 Å². The van der Waals surface area contributed by atoms with Gasteiger partial charge in [-0.05, 0) is 75.2 Å². The maximum absolute atomic E-state index is 12.1. The van der Waals surface area contributed by atoms with Gasteiger partial charge in [0, 0.05) is 18.7 Å². The number of benzene rings is 2. The Balaban J connectivity index is 0.000000292. The van der Waals surface area contributed by atoms with Crippen molar-refractivity contribution in [3.63, 3.8) is 0 Å². The minimum atomic E-state index is -0.907. The van der Waals surface area contributed by atoms with Gasteiger partial charge in [0.1, 0.15) is 11.5 Å². The Morgan fingerprint density at radius 3 is 1.61 bits per heavy atom. The standard InChI is InChI=1S/C13H19NO2.C9H10O3/c1-5-14(6-2)13(15)12-8-7-11(16-4)9-10(12)3;1-6-5-7(12-2)3-4-8(6)9(10)11/h7-9H,5-6H2,1-4H3;3-5H,1-2H3,(H,10,11). The van der Waals surface area contributed by atoms with E-state index in [0.29, 0.717) is 16.9 Å². The molecule has 0 fully saturated rings. The second-order valence-corrected chi connectivity index (χ2v) is 6.14. The lowest BCUT2D eigenvalue weighted by Gasteiger charge is -2.19. The van der Waals surface area contributed by atoms with Crippen LogP contribution in [0, 0.1) is 13.8 Å². The molecule has 0 unspecified atom stereocenters. The largest absolute Gasteiger partial charge is 0.497 e. The first-order chi connectivity index (χ1) is 13.3. The van der Waals surface area contributed by atoms with Gasteiger partial charge in [0.05, 0.1) is 19.8 Å². The van der Waals surface area contributed by atoms with E-state index >= 15 is 0 Å². The average molecular weight is 387 g/mol. The first-order valence-electron chi connectivity index (χ1n) is 9.10. The molecule has 0 heterocycles. The molecule has 2 aromatic rings. The average Bonchev–Trinajstić information content (AvgIpc) is 2.68. The summed E-state index contributed by atoms with van der Waals surface area (Å²) in [6.45, 7) is 9.12. The van der Waals surface area contributed by atoms with Crippen LogP contribution in [0.2, 0.25) is 0 Å². The Kier molecular flexibility index (Phi) is 9.02. The highest BCUT2D eigenvalue weighted by molar-refractivity contribution is 5.95. The molecular weight excluding hydrogens is 358 g/mol. The molecule has 0 bridgehead atoms. The van der Waals surface area contributed by atoms with E-state index < -0.39 is 5.97 Å². The van der Waals surface area contributed by atoms with Crippen molar-refractivity contribution in [3.05, 3.63) is 58.7 Å². The fourth-order valence-electron chi connectivity index (χ4n) is 2.69. The van der Waals surface area contributed by atoms with Crippen LogP contribution in [-0.2, 0) is 0 Å². The van der Waals surface area contributed by atoms with E-state index in [1.165, 1.54) is 6.07 Å². The van der Waals surface area contributed by atoms with Crippen LogP contribution in [0.15, 0.2) is 36.4 Å². The Bertz CT molecular complexity index is 813. The van der Waals surface area contributed by atoms with E-state index in [4.69, 9.17) is 14.6 Å². The molecule has 0 radical (unpaired) electrons. The minimum Gasteiger partial charge on any atom is -0.497 e. The maximum atomic E-state index is 12.1. The van der Waals surface area contributed by atoms with Crippen molar-refractivity contribution >= 4 is 11.9 Å². The van der Waals surface area contributed by atoms with Crippen LogP contribution < -0.4 is 9.47 Å². The molecule has 0 aliphatic carbocycles. The molecule has 28 heavy (non-hydrogen) atoms. The van der Waals surface area contributed by atoms with Crippen molar-refractivity contribution in [2.24, 2.45) is 0 Å². The monoisotopic (exact) mass is 387 g/mol. The number of carboxylic acids is 1. The molecule has 0 spiro atoms. The highest BCUT2D eigenvalue weighted by atomic mass is 16.5. The minimum absolute atomic E-state index is 0.0881. The topological polar surface area (TPSA) is 76.1 Å². The molecule has 0 atom stereocenters. The maximum Gasteiger partial charge on any atom is 0.335 e. The number of nitrogens with zero attached hydrogens (tertiary/aromatic N) is 1. The van der Waals surface area contributed by atoms with Crippen molar-refractivity contribution < 1.29 is 24.2 Å². The van der Waals surface area contributed by atoms with Crippen LogP contribution in [0.1, 0.15) is 45.7 Å². The Morgan fingerprint density at radius 1 is 0.857 bits per heavy atom. The van der Waals surface area contributed by atoms with E-state index in [1.54, 1.807) is 33.3 Å². The fraction of sp³-hybridized carbons (Fsp3) is 0.364. The third-order valence-corrected chi connectivity index (χ3v) is 4.38. The predicted octanol–water partition coefficient (Wildman–Crippen LogP) is 4.19. The van der Waals surface area contributed by atoms with E-state index in [-0.39, 0.29) is 5.91 Å². The van der Waals surface area contributed by atoms with Crippen LogP contribution in [0.3, 0.4) is 0 Å². The number of rotatable bonds is 6. The quantitative estimate of drug-likeness (QED) is 0.804. The predicted molar refractivity (Wildman–Crippen MR) is 110 cm³/mol. The molecule has 1 N–H and O–H groups in total. The molecule has 1 amide bonds. The summed E-state index contributed by atoms with van der Waals surface area (Å²) in [6.07, 6.45) is 0. The summed E-state index contributed by atoms with van der Waals surface area (Å²) in [7, 11) is 3.18. The van der Waals surface area contributed by atoms with Gasteiger partial charge >= 0.3 is 5.97 Å². The van der Waals surface area contributed by atoms with Crippen molar-refractivity contribution in [1.82, 2.24) is 4.90 Å². The van der Waals surface area contributed by atoms with E-state index in [2.05, 4.69) is 0 Å². The lowest BCUT2D eigenvalue weighted by atomic mass is 10.1. The Morgan fingerprint density at radius 2 is 1.29 bits per heavy atom. The van der Waals surface area contributed by atoms with Crippen molar-refractivity contribution in [3.8, 4) is 11.5 Å². The van der Waals surface area contributed by atoms with E-state index in [0.717, 1.165) is 30.0 Å². The van der Waals surface area contributed by atoms with Gasteiger partial charge in [-0.25, -0.2) is 4.79 Å². The zero-order valence-corrected chi connectivity index (χ0v) is 17.4. The van der Waals surface area contributed by atoms with Gasteiger partial charge in [-0.15, -0.1) is 0 Å². The summed E-state index contributed by atoms with van der Waals surface area (Å²) in [6, 6.07) is 10.4. The van der Waals surface area contributed by atoms with Gasteiger partial charge in [-0.2, -0.15) is 0 Å². The van der Waals surface area contributed by atoms with Gasteiger partial charge < -0.3 is 19.5 Å². The van der Waals surface area contributed by atoms with Gasteiger partial charge in [0.15, 0.2) is 0 Å². The number of aromatic carboxylic acids is 1. The summed E-state index contributed by atoms with van der Waals surface area (Å²) in [5.74, 6) is 0.645. The number of carbonyl (C=O) groups excluding carboxylic acids is 1. The van der Waals surface area contributed by atoms with Gasteiger partial charge in [-0.3, -0.25) is 4.79 Å². The van der Waals surface area contributed by atoms with Crippen molar-refractivity contribution in [1.29, 1.82) is 0 Å². The number of hydrogen-bond donors (Lipinski definition) is 1. The normalized spacial score (nSPS) is 9.79. The summed E-state index contributed by atoms with van der Waals surface area (Å²) >= 11 is 0. The van der Waals surface area contributed by atoms with Gasteiger partial charge in [0.25, 0.3) is 5.91 Å². The molecule has 6 nitrogen and oxygen atoms in total. The molecule has 152 valence electrons. The lowest BCUT2D eigenvalue weighted by Crippen LogP contribution is -2.30. The molecule has 0 aliphatic heterocycles. The van der Waals surface area contributed by atoms with Crippen LogP contribution in [0.25, 0.3) is 0 Å². The number of methoxy groups -OCH3 is 2. The van der Waals surface area contributed by atoms with E-state index in [9.17, 15) is 9.59 Å².